The third-order valence-electron chi connectivity index (χ3n) is 2.66. The van der Waals surface area contributed by atoms with Crippen molar-refractivity contribution in [2.45, 2.75) is 33.3 Å². The van der Waals surface area contributed by atoms with Crippen LogP contribution in [-0.2, 0) is 9.47 Å². The highest BCUT2D eigenvalue weighted by Crippen LogP contribution is 2.20. The molecular weight excluding hydrogens is 314 g/mol. The number of anilines is 1. The molecule has 1 aromatic heterocycles. The number of carbonyl (C=O) groups is 2. The summed E-state index contributed by atoms with van der Waals surface area (Å²) in [6.45, 7) is 7.27. The van der Waals surface area contributed by atoms with E-state index in [2.05, 4.69) is 15.5 Å². The third-order valence-corrected chi connectivity index (χ3v) is 2.66. The van der Waals surface area contributed by atoms with Crippen molar-refractivity contribution in [3.63, 3.8) is 0 Å². The molecule has 2 rings (SSSR count). The van der Waals surface area contributed by atoms with E-state index in [4.69, 9.17) is 14.0 Å². The fourth-order valence-electron chi connectivity index (χ4n) is 1.74. The van der Waals surface area contributed by atoms with E-state index >= 15 is 0 Å². The van der Waals surface area contributed by atoms with Gasteiger partial charge >= 0.3 is 12.1 Å². The summed E-state index contributed by atoms with van der Waals surface area (Å²) in [7, 11) is 0. The number of aromatic nitrogens is 2. The molecule has 0 saturated heterocycles. The Kier molecular flexibility index (Phi) is 5.18. The van der Waals surface area contributed by atoms with Gasteiger partial charge in [0.15, 0.2) is 0 Å². The van der Waals surface area contributed by atoms with Gasteiger partial charge in [0.05, 0.1) is 6.61 Å². The SMILES string of the molecule is CCOC(=O)c1noc(-c2ccc(NC(=O)OC(C)(C)C)cc2)n1. The number of ether oxygens (including phenoxy) is 2. The highest BCUT2D eigenvalue weighted by molar-refractivity contribution is 5.86. The number of benzene rings is 1. The number of rotatable bonds is 4. The minimum absolute atomic E-state index is 0.136. The Labute approximate surface area is 139 Å². The molecule has 0 aliphatic rings. The van der Waals surface area contributed by atoms with Crippen molar-refractivity contribution < 1.29 is 23.6 Å². The van der Waals surface area contributed by atoms with Gasteiger partial charge in [0.25, 0.3) is 11.7 Å². The van der Waals surface area contributed by atoms with Crippen LogP contribution in [0.15, 0.2) is 28.8 Å². The summed E-state index contributed by atoms with van der Waals surface area (Å²) in [5, 5.41) is 6.19. The van der Waals surface area contributed by atoms with Crippen molar-refractivity contribution >= 4 is 17.7 Å². The number of hydrogen-bond acceptors (Lipinski definition) is 7. The second-order valence-electron chi connectivity index (χ2n) is 5.85. The van der Waals surface area contributed by atoms with Crippen LogP contribution in [-0.4, -0.2) is 34.4 Å². The van der Waals surface area contributed by atoms with Crippen LogP contribution in [0.25, 0.3) is 11.5 Å². The molecule has 0 aliphatic carbocycles. The maximum Gasteiger partial charge on any atom is 0.412 e. The molecule has 8 nitrogen and oxygen atoms in total. The van der Waals surface area contributed by atoms with Crippen LogP contribution in [0.2, 0.25) is 0 Å². The molecule has 0 bridgehead atoms. The van der Waals surface area contributed by atoms with Crippen LogP contribution in [0.3, 0.4) is 0 Å². The lowest BCUT2D eigenvalue weighted by atomic mass is 10.2. The number of amides is 1. The lowest BCUT2D eigenvalue weighted by Gasteiger charge is -2.19. The van der Waals surface area contributed by atoms with Crippen LogP contribution < -0.4 is 5.32 Å². The number of nitrogens with zero attached hydrogens (tertiary/aromatic N) is 2. The second kappa shape index (κ2) is 7.12. The first kappa shape index (κ1) is 17.5. The van der Waals surface area contributed by atoms with E-state index in [1.807, 2.05) is 0 Å². The molecule has 0 fully saturated rings. The lowest BCUT2D eigenvalue weighted by molar-refractivity contribution is 0.0507. The molecule has 1 heterocycles. The van der Waals surface area contributed by atoms with Crippen molar-refractivity contribution in [3.8, 4) is 11.5 Å². The molecule has 128 valence electrons. The van der Waals surface area contributed by atoms with Crippen LogP contribution in [0.4, 0.5) is 10.5 Å². The zero-order valence-electron chi connectivity index (χ0n) is 14.0. The van der Waals surface area contributed by atoms with Gasteiger partial charge in [0.1, 0.15) is 5.60 Å². The Morgan fingerprint density at radius 2 is 1.88 bits per heavy atom. The van der Waals surface area contributed by atoms with E-state index in [1.54, 1.807) is 52.0 Å². The van der Waals surface area contributed by atoms with Gasteiger partial charge in [-0.2, -0.15) is 4.98 Å². The molecule has 0 unspecified atom stereocenters. The first-order valence-corrected chi connectivity index (χ1v) is 7.40. The average Bonchev–Trinajstić information content (AvgIpc) is 2.96. The van der Waals surface area contributed by atoms with Gasteiger partial charge in [-0.1, -0.05) is 0 Å². The zero-order chi connectivity index (χ0) is 17.7. The Morgan fingerprint density at radius 1 is 1.21 bits per heavy atom. The summed E-state index contributed by atoms with van der Waals surface area (Å²) in [6, 6.07) is 6.67. The van der Waals surface area contributed by atoms with Crippen LogP contribution >= 0.6 is 0 Å². The maximum atomic E-state index is 11.7. The Bertz CT molecular complexity index is 716. The van der Waals surface area contributed by atoms with Gasteiger partial charge in [-0.05, 0) is 57.1 Å². The topological polar surface area (TPSA) is 104 Å². The molecule has 1 aromatic carbocycles. The molecule has 8 heteroatoms. The van der Waals surface area contributed by atoms with Crippen LogP contribution in [0.5, 0.6) is 0 Å². The van der Waals surface area contributed by atoms with Gasteiger partial charge in [0, 0.05) is 11.3 Å². The quantitative estimate of drug-likeness (QED) is 0.856. The van der Waals surface area contributed by atoms with E-state index in [1.165, 1.54) is 0 Å². The largest absolute Gasteiger partial charge is 0.460 e. The minimum Gasteiger partial charge on any atom is -0.460 e. The fourth-order valence-corrected chi connectivity index (χ4v) is 1.74. The summed E-state index contributed by atoms with van der Waals surface area (Å²) in [4.78, 5) is 27.2. The molecule has 0 aliphatic heterocycles. The lowest BCUT2D eigenvalue weighted by Crippen LogP contribution is -2.27. The predicted octanol–water partition coefficient (Wildman–Crippen LogP) is 3.26. The van der Waals surface area contributed by atoms with Crippen LogP contribution in [0, 0.1) is 0 Å². The molecule has 0 radical (unpaired) electrons. The van der Waals surface area contributed by atoms with Crippen molar-refractivity contribution in [1.29, 1.82) is 0 Å². The van der Waals surface area contributed by atoms with Gasteiger partial charge in [-0.25, -0.2) is 9.59 Å². The maximum absolute atomic E-state index is 11.7. The molecule has 0 saturated carbocycles. The highest BCUT2D eigenvalue weighted by Gasteiger charge is 2.18. The molecule has 2 aromatic rings. The third kappa shape index (κ3) is 4.80. The smallest absolute Gasteiger partial charge is 0.412 e. The molecule has 0 spiro atoms. The summed E-state index contributed by atoms with van der Waals surface area (Å²) in [5.74, 6) is -0.597. The second-order valence-corrected chi connectivity index (χ2v) is 5.85. The number of hydrogen-bond donors (Lipinski definition) is 1. The highest BCUT2D eigenvalue weighted by atomic mass is 16.6. The summed E-state index contributed by atoms with van der Waals surface area (Å²) in [6.07, 6.45) is -0.544. The van der Waals surface area contributed by atoms with Crippen molar-refractivity contribution in [2.75, 3.05) is 11.9 Å². The van der Waals surface area contributed by atoms with Gasteiger partial charge in [-0.3, -0.25) is 5.32 Å². The Hall–Kier alpha value is -2.90. The first-order valence-electron chi connectivity index (χ1n) is 7.40. The van der Waals surface area contributed by atoms with Gasteiger partial charge in [0.2, 0.25) is 0 Å². The standard InChI is InChI=1S/C16H19N3O5/c1-5-22-14(20)12-18-13(24-19-12)10-6-8-11(9-7-10)17-15(21)23-16(2,3)4/h6-9H,5H2,1-4H3,(H,17,21). The van der Waals surface area contributed by atoms with E-state index < -0.39 is 17.7 Å². The van der Waals surface area contributed by atoms with Gasteiger partial charge in [-0.15, -0.1) is 0 Å². The minimum atomic E-state index is -0.643. The number of esters is 1. The van der Waals surface area contributed by atoms with E-state index in [9.17, 15) is 9.59 Å². The normalized spacial score (nSPS) is 11.0. The Morgan fingerprint density at radius 3 is 2.46 bits per heavy atom. The molecule has 0 atom stereocenters. The average molecular weight is 333 g/mol. The predicted molar refractivity (Wildman–Crippen MR) is 85.5 cm³/mol. The molecule has 1 amide bonds. The zero-order valence-corrected chi connectivity index (χ0v) is 14.0. The summed E-state index contributed by atoms with van der Waals surface area (Å²) >= 11 is 0. The summed E-state index contributed by atoms with van der Waals surface area (Å²) < 4.78 is 15.0. The number of carbonyl (C=O) groups excluding carboxylic acids is 2. The van der Waals surface area contributed by atoms with Crippen molar-refractivity contribution in [3.05, 3.63) is 30.1 Å². The van der Waals surface area contributed by atoms with E-state index in [0.29, 0.717) is 11.3 Å². The molecule has 24 heavy (non-hydrogen) atoms. The fraction of sp³-hybridized carbons (Fsp3) is 0.375. The Balaban J connectivity index is 2.04. The van der Waals surface area contributed by atoms with Gasteiger partial charge < -0.3 is 14.0 Å². The molecule has 1 N–H and O–H groups in total. The summed E-state index contributed by atoms with van der Waals surface area (Å²) in [5.41, 5.74) is 0.586. The van der Waals surface area contributed by atoms with Crippen LogP contribution in [0.1, 0.15) is 38.3 Å². The monoisotopic (exact) mass is 333 g/mol. The van der Waals surface area contributed by atoms with Crippen molar-refractivity contribution in [2.24, 2.45) is 0 Å². The number of nitrogens with one attached hydrogen (secondary N) is 1. The van der Waals surface area contributed by atoms with E-state index in [-0.39, 0.29) is 18.3 Å². The van der Waals surface area contributed by atoms with E-state index in [0.717, 1.165) is 0 Å². The first-order chi connectivity index (χ1) is 11.3. The van der Waals surface area contributed by atoms with Crippen molar-refractivity contribution in [1.82, 2.24) is 10.1 Å². The molecular formula is C16H19N3O5.